The van der Waals surface area contributed by atoms with E-state index < -0.39 is 27.6 Å². The van der Waals surface area contributed by atoms with Gasteiger partial charge < -0.3 is 9.84 Å². The second-order valence-electron chi connectivity index (χ2n) is 5.02. The van der Waals surface area contributed by atoms with Gasteiger partial charge in [0, 0.05) is 17.2 Å². The molecule has 8 nitrogen and oxygen atoms in total. The van der Waals surface area contributed by atoms with Gasteiger partial charge in [-0.15, -0.1) is 0 Å². The number of sulfonamides is 1. The average Bonchev–Trinajstić information content (AvgIpc) is 2.60. The quantitative estimate of drug-likeness (QED) is 0.528. The summed E-state index contributed by atoms with van der Waals surface area (Å²) in [5.74, 6) is 0.470. The third kappa shape index (κ3) is 5.40. The lowest BCUT2D eigenvalue weighted by Crippen LogP contribution is -2.41. The number of nitrogens with zero attached hydrogens (tertiary/aromatic N) is 1. The van der Waals surface area contributed by atoms with Gasteiger partial charge in [0.15, 0.2) is 0 Å². The van der Waals surface area contributed by atoms with Crippen LogP contribution in [-0.2, 0) is 10.0 Å². The molecule has 0 saturated carbocycles. The number of ether oxygens (including phenoxy) is 1. The normalized spacial score (nSPS) is 12.6. The number of aliphatic hydroxyl groups is 1. The summed E-state index contributed by atoms with van der Waals surface area (Å²) in [4.78, 5) is 9.83. The summed E-state index contributed by atoms with van der Waals surface area (Å²) in [7, 11) is -3.96. The fourth-order valence-corrected chi connectivity index (χ4v) is 3.22. The number of non-ortho nitro benzene ring substituents is 1. The molecule has 1 atom stereocenters. The van der Waals surface area contributed by atoms with Crippen molar-refractivity contribution in [1.29, 1.82) is 0 Å². The number of halogens is 1. The summed E-state index contributed by atoms with van der Waals surface area (Å²) in [6, 6.07) is 9.99. The van der Waals surface area contributed by atoms with E-state index >= 15 is 0 Å². The number of hydrogen-bond acceptors (Lipinski definition) is 6. The Morgan fingerprint density at radius 3 is 2.28 bits per heavy atom. The van der Waals surface area contributed by atoms with Gasteiger partial charge in [0.2, 0.25) is 10.0 Å². The Labute approximate surface area is 149 Å². The van der Waals surface area contributed by atoms with Crippen LogP contribution in [0.2, 0.25) is 5.02 Å². The molecule has 0 saturated heterocycles. The maximum absolute atomic E-state index is 12.3. The van der Waals surface area contributed by atoms with E-state index in [0.717, 1.165) is 24.3 Å². The van der Waals surface area contributed by atoms with E-state index in [9.17, 15) is 23.6 Å². The van der Waals surface area contributed by atoms with Crippen molar-refractivity contribution >= 4 is 27.3 Å². The fraction of sp³-hybridized carbons (Fsp3) is 0.200. The van der Waals surface area contributed by atoms with Crippen LogP contribution in [0.1, 0.15) is 0 Å². The van der Waals surface area contributed by atoms with E-state index in [2.05, 4.69) is 4.72 Å². The molecule has 2 rings (SSSR count). The molecule has 0 amide bonds. The SMILES string of the molecule is O=[N+]([O-])c1ccc(S(=O)(=O)N[C@H](CO)COc2ccc(Cl)cc2)cc1. The summed E-state index contributed by atoms with van der Waals surface area (Å²) >= 11 is 5.76. The summed E-state index contributed by atoms with van der Waals surface area (Å²) in [5.41, 5.74) is -0.219. The molecular formula is C15H15ClN2O6S. The van der Waals surface area contributed by atoms with E-state index in [1.54, 1.807) is 24.3 Å². The number of nitro groups is 1. The molecule has 0 aliphatic rings. The van der Waals surface area contributed by atoms with Crippen molar-refractivity contribution in [2.24, 2.45) is 0 Å². The van der Waals surface area contributed by atoms with Crippen LogP contribution < -0.4 is 9.46 Å². The Morgan fingerprint density at radius 2 is 1.76 bits per heavy atom. The van der Waals surface area contributed by atoms with Crippen LogP contribution >= 0.6 is 11.6 Å². The molecule has 0 aliphatic carbocycles. The molecule has 0 spiro atoms. The predicted molar refractivity (Wildman–Crippen MR) is 91.2 cm³/mol. The van der Waals surface area contributed by atoms with Gasteiger partial charge in [0.05, 0.1) is 22.5 Å². The van der Waals surface area contributed by atoms with Crippen molar-refractivity contribution in [3.8, 4) is 5.75 Å². The summed E-state index contributed by atoms with van der Waals surface area (Å²) in [5, 5.41) is 20.5. The van der Waals surface area contributed by atoms with Crippen molar-refractivity contribution in [1.82, 2.24) is 4.72 Å². The van der Waals surface area contributed by atoms with Crippen LogP contribution in [0.25, 0.3) is 0 Å². The first-order valence-electron chi connectivity index (χ1n) is 7.08. The monoisotopic (exact) mass is 386 g/mol. The van der Waals surface area contributed by atoms with Crippen LogP contribution in [0.15, 0.2) is 53.4 Å². The number of benzene rings is 2. The zero-order valence-electron chi connectivity index (χ0n) is 12.8. The van der Waals surface area contributed by atoms with Crippen LogP contribution in [0, 0.1) is 10.1 Å². The van der Waals surface area contributed by atoms with Gasteiger partial charge in [0.1, 0.15) is 12.4 Å². The Kier molecular flexibility index (Phi) is 6.32. The molecular weight excluding hydrogens is 372 g/mol. The van der Waals surface area contributed by atoms with E-state index in [1.807, 2.05) is 0 Å². The topological polar surface area (TPSA) is 119 Å². The first-order chi connectivity index (χ1) is 11.8. The molecule has 2 aromatic rings. The fourth-order valence-electron chi connectivity index (χ4n) is 1.89. The number of aliphatic hydroxyl groups excluding tert-OH is 1. The number of hydrogen-bond donors (Lipinski definition) is 2. The van der Waals surface area contributed by atoms with Crippen LogP contribution in [-0.4, -0.2) is 37.7 Å². The molecule has 0 bridgehead atoms. The smallest absolute Gasteiger partial charge is 0.269 e. The first-order valence-corrected chi connectivity index (χ1v) is 8.94. The molecule has 0 aromatic heterocycles. The Morgan fingerprint density at radius 1 is 1.16 bits per heavy atom. The second kappa shape index (κ2) is 8.26. The van der Waals surface area contributed by atoms with Gasteiger partial charge in [0.25, 0.3) is 5.69 Å². The van der Waals surface area contributed by atoms with Crippen molar-refractivity contribution in [2.45, 2.75) is 10.9 Å². The van der Waals surface area contributed by atoms with Gasteiger partial charge >= 0.3 is 0 Å². The highest BCUT2D eigenvalue weighted by Gasteiger charge is 2.21. The largest absolute Gasteiger partial charge is 0.492 e. The predicted octanol–water partition coefficient (Wildman–Crippen LogP) is 1.97. The molecule has 2 N–H and O–H groups in total. The zero-order chi connectivity index (χ0) is 18.4. The molecule has 10 heteroatoms. The maximum Gasteiger partial charge on any atom is 0.269 e. The zero-order valence-corrected chi connectivity index (χ0v) is 14.4. The average molecular weight is 387 g/mol. The van der Waals surface area contributed by atoms with E-state index in [-0.39, 0.29) is 17.2 Å². The first kappa shape index (κ1) is 19.1. The Hall–Kier alpha value is -2.20. The summed E-state index contributed by atoms with van der Waals surface area (Å²) < 4.78 is 32.2. The highest BCUT2D eigenvalue weighted by molar-refractivity contribution is 7.89. The number of nitro benzene ring substituents is 1. The number of rotatable bonds is 8. The van der Waals surface area contributed by atoms with Gasteiger partial charge in [-0.25, -0.2) is 13.1 Å². The minimum Gasteiger partial charge on any atom is -0.492 e. The lowest BCUT2D eigenvalue weighted by atomic mass is 10.3. The third-order valence-electron chi connectivity index (χ3n) is 3.16. The van der Waals surface area contributed by atoms with Crippen molar-refractivity contribution in [3.05, 3.63) is 63.7 Å². The van der Waals surface area contributed by atoms with Gasteiger partial charge in [-0.3, -0.25) is 10.1 Å². The number of nitrogens with one attached hydrogen (secondary N) is 1. The van der Waals surface area contributed by atoms with Gasteiger partial charge in [-0.2, -0.15) is 0 Å². The lowest BCUT2D eigenvalue weighted by Gasteiger charge is -2.17. The van der Waals surface area contributed by atoms with E-state index in [0.29, 0.717) is 10.8 Å². The lowest BCUT2D eigenvalue weighted by molar-refractivity contribution is -0.384. The highest BCUT2D eigenvalue weighted by atomic mass is 35.5. The van der Waals surface area contributed by atoms with Crippen molar-refractivity contribution in [2.75, 3.05) is 13.2 Å². The molecule has 0 fully saturated rings. The van der Waals surface area contributed by atoms with Crippen LogP contribution in [0.5, 0.6) is 5.75 Å². The molecule has 25 heavy (non-hydrogen) atoms. The standard InChI is InChI=1S/C15H15ClN2O6S/c16-11-1-5-14(6-2-11)24-10-12(9-19)17-25(22,23)15-7-3-13(4-8-15)18(20)21/h1-8,12,17,19H,9-10H2/t12-/m1/s1. The molecule has 0 aliphatic heterocycles. The van der Waals surface area contributed by atoms with Gasteiger partial charge in [-0.1, -0.05) is 11.6 Å². The Balaban J connectivity index is 2.03. The van der Waals surface area contributed by atoms with Gasteiger partial charge in [-0.05, 0) is 36.4 Å². The summed E-state index contributed by atoms with van der Waals surface area (Å²) in [6.07, 6.45) is 0. The molecule has 0 heterocycles. The van der Waals surface area contributed by atoms with Crippen molar-refractivity contribution < 1.29 is 23.2 Å². The van der Waals surface area contributed by atoms with Crippen LogP contribution in [0.4, 0.5) is 5.69 Å². The Bertz CT molecular complexity index is 824. The van der Waals surface area contributed by atoms with Crippen LogP contribution in [0.3, 0.4) is 0 Å². The molecule has 0 radical (unpaired) electrons. The highest BCUT2D eigenvalue weighted by Crippen LogP contribution is 2.17. The third-order valence-corrected chi connectivity index (χ3v) is 4.95. The molecule has 0 unspecified atom stereocenters. The molecule has 134 valence electrons. The minimum atomic E-state index is -3.96. The summed E-state index contributed by atoms with van der Waals surface area (Å²) in [6.45, 7) is -0.593. The maximum atomic E-state index is 12.3. The van der Waals surface area contributed by atoms with E-state index in [4.69, 9.17) is 16.3 Å². The second-order valence-corrected chi connectivity index (χ2v) is 7.17. The minimum absolute atomic E-state index is 0.107. The van der Waals surface area contributed by atoms with E-state index in [1.165, 1.54) is 0 Å². The molecule has 2 aromatic carbocycles. The van der Waals surface area contributed by atoms with Crippen molar-refractivity contribution in [3.63, 3.8) is 0 Å².